The number of halogens is 1. The molecule has 1 aliphatic carbocycles. The number of aliphatic hydroxyl groups is 1. The lowest BCUT2D eigenvalue weighted by Crippen LogP contribution is -2.51. The number of hydrogen-bond acceptors (Lipinski definition) is 3. The summed E-state index contributed by atoms with van der Waals surface area (Å²) in [6.07, 6.45) is 3.82. The first-order valence-corrected chi connectivity index (χ1v) is 9.20. The Morgan fingerprint density at radius 2 is 1.80 bits per heavy atom. The van der Waals surface area contributed by atoms with E-state index in [9.17, 15) is 9.90 Å². The normalized spacial score (nSPS) is 28.7. The smallest absolute Gasteiger partial charge is 0.229 e. The molecule has 5 heteroatoms. The number of hydrogen-bond donors (Lipinski definition) is 2. The molecule has 0 unspecified atom stereocenters. The topological polar surface area (TPSA) is 66.6 Å². The van der Waals surface area contributed by atoms with Crippen LogP contribution in [0.25, 0.3) is 0 Å². The molecule has 2 aliphatic rings. The Balaban J connectivity index is 0.00000225. The van der Waals surface area contributed by atoms with E-state index in [1.165, 1.54) is 0 Å². The van der Waals surface area contributed by atoms with Crippen molar-refractivity contribution in [1.29, 1.82) is 0 Å². The first-order chi connectivity index (χ1) is 11.4. The third-order valence-electron chi connectivity index (χ3n) is 6.31. The van der Waals surface area contributed by atoms with Crippen LogP contribution < -0.4 is 5.73 Å². The molecule has 1 aromatic rings. The van der Waals surface area contributed by atoms with Gasteiger partial charge in [0.1, 0.15) is 0 Å². The van der Waals surface area contributed by atoms with Gasteiger partial charge in [0, 0.05) is 19.1 Å². The highest BCUT2D eigenvalue weighted by Crippen LogP contribution is 2.46. The number of benzene rings is 1. The van der Waals surface area contributed by atoms with Gasteiger partial charge in [0.05, 0.1) is 11.0 Å². The number of rotatable bonds is 3. The van der Waals surface area contributed by atoms with Gasteiger partial charge in [-0.25, -0.2) is 0 Å². The quantitative estimate of drug-likeness (QED) is 0.863. The lowest BCUT2D eigenvalue weighted by Gasteiger charge is -2.43. The number of amides is 1. The van der Waals surface area contributed by atoms with E-state index in [1.54, 1.807) is 0 Å². The van der Waals surface area contributed by atoms with Crippen LogP contribution in [0.15, 0.2) is 30.3 Å². The number of nitrogens with two attached hydrogens (primary N) is 1. The number of carbonyl (C=O) groups is 1. The van der Waals surface area contributed by atoms with E-state index in [2.05, 4.69) is 13.8 Å². The Labute approximate surface area is 157 Å². The molecule has 1 aliphatic heterocycles. The maximum absolute atomic E-state index is 13.2. The van der Waals surface area contributed by atoms with E-state index >= 15 is 0 Å². The van der Waals surface area contributed by atoms with Gasteiger partial charge in [-0.05, 0) is 43.6 Å². The Kier molecular flexibility index (Phi) is 6.18. The molecule has 3 N–H and O–H groups in total. The SMILES string of the molecule is CC(C)[C@]1(C(=O)N2CCC(O)(c3ccccc3)CC2)CC[C@@H](N)C1.Cl. The average Bonchev–Trinajstić information content (AvgIpc) is 2.99. The summed E-state index contributed by atoms with van der Waals surface area (Å²) in [6, 6.07) is 9.96. The highest BCUT2D eigenvalue weighted by molar-refractivity contribution is 5.85. The number of nitrogens with zero attached hydrogens (tertiary/aromatic N) is 1. The van der Waals surface area contributed by atoms with E-state index in [0.29, 0.717) is 31.8 Å². The van der Waals surface area contributed by atoms with Crippen molar-refractivity contribution in [1.82, 2.24) is 4.90 Å². The molecule has 0 spiro atoms. The molecule has 140 valence electrons. The molecule has 1 saturated carbocycles. The van der Waals surface area contributed by atoms with Crippen molar-refractivity contribution in [3.05, 3.63) is 35.9 Å². The van der Waals surface area contributed by atoms with Gasteiger partial charge in [0.25, 0.3) is 0 Å². The summed E-state index contributed by atoms with van der Waals surface area (Å²) in [7, 11) is 0. The van der Waals surface area contributed by atoms with Crippen LogP contribution in [0.1, 0.15) is 51.5 Å². The van der Waals surface area contributed by atoms with Gasteiger partial charge in [-0.15, -0.1) is 12.4 Å². The fourth-order valence-corrected chi connectivity index (χ4v) is 4.51. The van der Waals surface area contributed by atoms with Crippen LogP contribution in [-0.2, 0) is 10.4 Å². The van der Waals surface area contributed by atoms with Gasteiger partial charge in [-0.2, -0.15) is 0 Å². The largest absolute Gasteiger partial charge is 0.385 e. The zero-order valence-corrected chi connectivity index (χ0v) is 16.1. The lowest BCUT2D eigenvalue weighted by atomic mass is 9.73. The molecule has 2 fully saturated rings. The van der Waals surface area contributed by atoms with Crippen LogP contribution in [0, 0.1) is 11.3 Å². The summed E-state index contributed by atoms with van der Waals surface area (Å²) in [5.41, 5.74) is 5.97. The van der Waals surface area contributed by atoms with Gasteiger partial charge in [-0.3, -0.25) is 4.79 Å². The first kappa shape index (κ1) is 20.2. The number of piperidine rings is 1. The Morgan fingerprint density at radius 1 is 1.20 bits per heavy atom. The van der Waals surface area contributed by atoms with Crippen molar-refractivity contribution in [3.63, 3.8) is 0 Å². The Bertz CT molecular complexity index is 585. The van der Waals surface area contributed by atoms with Crippen LogP contribution in [-0.4, -0.2) is 35.0 Å². The van der Waals surface area contributed by atoms with Gasteiger partial charge in [0.15, 0.2) is 0 Å². The standard InChI is InChI=1S/C20H30N2O2.ClH/c1-15(2)19(9-8-17(21)14-19)18(23)22-12-10-20(24,11-13-22)16-6-4-3-5-7-16;/h3-7,15,17,24H,8-14,21H2,1-2H3;1H/t17-,19+;/m1./s1. The molecule has 25 heavy (non-hydrogen) atoms. The van der Waals surface area contributed by atoms with Gasteiger partial charge < -0.3 is 15.7 Å². The molecular formula is C20H31ClN2O2. The van der Waals surface area contributed by atoms with Crippen molar-refractivity contribution < 1.29 is 9.90 Å². The van der Waals surface area contributed by atoms with Crippen LogP contribution in [0.4, 0.5) is 0 Å². The third-order valence-corrected chi connectivity index (χ3v) is 6.31. The van der Waals surface area contributed by atoms with Crippen molar-refractivity contribution >= 4 is 18.3 Å². The molecule has 1 saturated heterocycles. The summed E-state index contributed by atoms with van der Waals surface area (Å²) in [6.45, 7) is 5.52. The predicted octanol–water partition coefficient (Wildman–Crippen LogP) is 3.07. The molecule has 2 atom stereocenters. The Morgan fingerprint density at radius 3 is 2.28 bits per heavy atom. The monoisotopic (exact) mass is 366 g/mol. The van der Waals surface area contributed by atoms with E-state index in [4.69, 9.17) is 5.73 Å². The summed E-state index contributed by atoms with van der Waals surface area (Å²) < 4.78 is 0. The fourth-order valence-electron chi connectivity index (χ4n) is 4.51. The highest BCUT2D eigenvalue weighted by Gasteiger charge is 2.49. The fraction of sp³-hybridized carbons (Fsp3) is 0.650. The summed E-state index contributed by atoms with van der Waals surface area (Å²) in [5.74, 6) is 0.550. The molecular weight excluding hydrogens is 336 g/mol. The minimum Gasteiger partial charge on any atom is -0.385 e. The van der Waals surface area contributed by atoms with Gasteiger partial charge in [0.2, 0.25) is 5.91 Å². The lowest BCUT2D eigenvalue weighted by molar-refractivity contribution is -0.149. The number of carbonyl (C=O) groups excluding carboxylic acids is 1. The molecule has 3 rings (SSSR count). The van der Waals surface area contributed by atoms with Crippen LogP contribution in [0.2, 0.25) is 0 Å². The van der Waals surface area contributed by atoms with Crippen LogP contribution >= 0.6 is 12.4 Å². The van der Waals surface area contributed by atoms with Crippen molar-refractivity contribution in [2.75, 3.05) is 13.1 Å². The van der Waals surface area contributed by atoms with Crippen molar-refractivity contribution in [2.45, 2.75) is 57.6 Å². The molecule has 0 aromatic heterocycles. The van der Waals surface area contributed by atoms with Gasteiger partial charge >= 0.3 is 0 Å². The maximum atomic E-state index is 13.2. The van der Waals surface area contributed by atoms with Gasteiger partial charge in [-0.1, -0.05) is 44.2 Å². The summed E-state index contributed by atoms with van der Waals surface area (Å²) in [5, 5.41) is 11.0. The predicted molar refractivity (Wildman–Crippen MR) is 102 cm³/mol. The maximum Gasteiger partial charge on any atom is 0.229 e. The van der Waals surface area contributed by atoms with E-state index < -0.39 is 5.60 Å². The minimum atomic E-state index is -0.810. The van der Waals surface area contributed by atoms with E-state index in [-0.39, 0.29) is 29.8 Å². The molecule has 1 heterocycles. The second-order valence-corrected chi connectivity index (χ2v) is 8.00. The zero-order valence-electron chi connectivity index (χ0n) is 15.3. The third kappa shape index (κ3) is 3.71. The molecule has 1 aromatic carbocycles. The second kappa shape index (κ2) is 7.65. The summed E-state index contributed by atoms with van der Waals surface area (Å²) in [4.78, 5) is 15.2. The average molecular weight is 367 g/mol. The van der Waals surface area contributed by atoms with Crippen LogP contribution in [0.5, 0.6) is 0 Å². The van der Waals surface area contributed by atoms with E-state index in [1.807, 2.05) is 35.2 Å². The van der Waals surface area contributed by atoms with Crippen LogP contribution in [0.3, 0.4) is 0 Å². The van der Waals surface area contributed by atoms with E-state index in [0.717, 1.165) is 24.8 Å². The Hall–Kier alpha value is -1.10. The minimum absolute atomic E-state index is 0. The number of likely N-dealkylation sites (tertiary alicyclic amines) is 1. The van der Waals surface area contributed by atoms with Crippen molar-refractivity contribution in [2.24, 2.45) is 17.1 Å². The second-order valence-electron chi connectivity index (χ2n) is 8.00. The molecule has 0 bridgehead atoms. The molecule has 4 nitrogen and oxygen atoms in total. The zero-order chi connectivity index (χ0) is 17.4. The summed E-state index contributed by atoms with van der Waals surface area (Å²) >= 11 is 0. The first-order valence-electron chi connectivity index (χ1n) is 9.20. The molecule has 1 amide bonds. The van der Waals surface area contributed by atoms with Crippen molar-refractivity contribution in [3.8, 4) is 0 Å². The molecule has 0 radical (unpaired) electrons. The highest BCUT2D eigenvalue weighted by atomic mass is 35.5.